The van der Waals surface area contributed by atoms with E-state index in [4.69, 9.17) is 4.74 Å². The number of rotatable bonds is 7. The lowest BCUT2D eigenvalue weighted by molar-refractivity contribution is -0.138. The van der Waals surface area contributed by atoms with Gasteiger partial charge in [-0.05, 0) is 67.9 Å². The molecule has 2 aromatic rings. The summed E-state index contributed by atoms with van der Waals surface area (Å²) in [4.78, 5) is 33.0. The highest BCUT2D eigenvalue weighted by Crippen LogP contribution is 2.40. The molecule has 37 heavy (non-hydrogen) atoms. The normalized spacial score (nSPS) is 23.0. The average Bonchev–Trinajstić information content (AvgIpc) is 3.60. The molecule has 3 aliphatic rings. The Bertz CT molecular complexity index is 1180. The Labute approximate surface area is 212 Å². The number of nitrogens with zero attached hydrogens (tertiary/aromatic N) is 2. The van der Waals surface area contributed by atoms with Gasteiger partial charge in [-0.1, -0.05) is 13.0 Å². The topological polar surface area (TPSA) is 71.5 Å². The van der Waals surface area contributed by atoms with Crippen LogP contribution < -0.4 is 5.32 Å². The van der Waals surface area contributed by atoms with Crippen molar-refractivity contribution in [2.45, 2.75) is 69.2 Å². The zero-order valence-electron chi connectivity index (χ0n) is 20.4. The summed E-state index contributed by atoms with van der Waals surface area (Å²) in [6.07, 6.45) is 0.824. The van der Waals surface area contributed by atoms with Crippen molar-refractivity contribution in [2.75, 3.05) is 13.2 Å². The molecule has 0 bridgehead atoms. The van der Waals surface area contributed by atoms with Crippen molar-refractivity contribution in [1.82, 2.24) is 15.2 Å². The van der Waals surface area contributed by atoms with Gasteiger partial charge < -0.3 is 15.0 Å². The molecule has 1 aromatic heterocycles. The van der Waals surface area contributed by atoms with Gasteiger partial charge in [0, 0.05) is 23.7 Å². The Morgan fingerprint density at radius 2 is 1.89 bits per heavy atom. The van der Waals surface area contributed by atoms with Crippen LogP contribution in [-0.2, 0) is 15.7 Å². The SMILES string of the molecule is CC[C@@H]1CC[C@H](C(=O)NC(c2ccc(C(F)(F)F)cc2F)C2COC2)N1C(=O)c1cc(C2CC2)ccn1. The fourth-order valence-electron chi connectivity index (χ4n) is 5.32. The van der Waals surface area contributed by atoms with E-state index < -0.39 is 35.5 Å². The monoisotopic (exact) mass is 519 g/mol. The number of hydrogen-bond donors (Lipinski definition) is 1. The van der Waals surface area contributed by atoms with Crippen molar-refractivity contribution in [1.29, 1.82) is 0 Å². The summed E-state index contributed by atoms with van der Waals surface area (Å²) < 4.78 is 59.2. The standard InChI is InChI=1S/C27H29F4N3O3/c1-2-19-6-8-23(34(19)26(36)22-11-16(9-10-32-22)15-3-4-15)25(35)33-24(17-13-37-14-17)20-7-5-18(12-21(20)28)27(29,30)31/h5,7,9-12,15,17,19,23-24H,2-4,6,8,13-14H2,1H3,(H,33,35)/t19-,23-,24?/m1/s1. The van der Waals surface area contributed by atoms with E-state index in [9.17, 15) is 27.2 Å². The zero-order valence-corrected chi connectivity index (χ0v) is 20.4. The first kappa shape index (κ1) is 25.6. The number of carbonyl (C=O) groups is 2. The molecule has 3 fully saturated rings. The fraction of sp³-hybridized carbons (Fsp3) is 0.519. The molecule has 1 aliphatic carbocycles. The molecule has 1 N–H and O–H groups in total. The van der Waals surface area contributed by atoms with E-state index in [2.05, 4.69) is 10.3 Å². The van der Waals surface area contributed by atoms with Crippen LogP contribution in [0.3, 0.4) is 0 Å². The molecule has 0 spiro atoms. The molecule has 6 nitrogen and oxygen atoms in total. The predicted octanol–water partition coefficient (Wildman–Crippen LogP) is 5.00. The number of nitrogens with one attached hydrogen (secondary N) is 1. The number of ether oxygens (including phenoxy) is 1. The van der Waals surface area contributed by atoms with Crippen molar-refractivity contribution in [2.24, 2.45) is 5.92 Å². The first-order chi connectivity index (χ1) is 17.7. The summed E-state index contributed by atoms with van der Waals surface area (Å²) in [5.74, 6) is -1.67. The summed E-state index contributed by atoms with van der Waals surface area (Å²) >= 11 is 0. The van der Waals surface area contributed by atoms with Crippen LogP contribution in [0.2, 0.25) is 0 Å². The second kappa shape index (κ2) is 10.0. The maximum Gasteiger partial charge on any atom is 0.416 e. The highest BCUT2D eigenvalue weighted by atomic mass is 19.4. The summed E-state index contributed by atoms with van der Waals surface area (Å²) in [5, 5.41) is 2.84. The van der Waals surface area contributed by atoms with Crippen molar-refractivity contribution in [3.05, 3.63) is 64.7 Å². The van der Waals surface area contributed by atoms with E-state index >= 15 is 0 Å². The molecule has 198 valence electrons. The Morgan fingerprint density at radius 3 is 2.49 bits per heavy atom. The highest BCUT2D eigenvalue weighted by Gasteiger charge is 2.43. The number of carbonyl (C=O) groups excluding carboxylic acids is 2. The Kier molecular flexibility index (Phi) is 6.95. The van der Waals surface area contributed by atoms with Crippen LogP contribution in [0.25, 0.3) is 0 Å². The van der Waals surface area contributed by atoms with Gasteiger partial charge in [0.2, 0.25) is 5.91 Å². The largest absolute Gasteiger partial charge is 0.416 e. The van der Waals surface area contributed by atoms with Gasteiger partial charge in [0.05, 0.1) is 24.8 Å². The van der Waals surface area contributed by atoms with E-state index in [0.717, 1.165) is 30.5 Å². The quantitative estimate of drug-likeness (QED) is 0.523. The Balaban J connectivity index is 1.39. The lowest BCUT2D eigenvalue weighted by Gasteiger charge is -2.36. The molecule has 1 saturated carbocycles. The molecule has 2 saturated heterocycles. The molecule has 2 aliphatic heterocycles. The van der Waals surface area contributed by atoms with Crippen molar-refractivity contribution >= 4 is 11.8 Å². The van der Waals surface area contributed by atoms with E-state index in [1.54, 1.807) is 17.2 Å². The van der Waals surface area contributed by atoms with Gasteiger partial charge in [-0.25, -0.2) is 4.39 Å². The fourth-order valence-corrected chi connectivity index (χ4v) is 5.32. The minimum absolute atomic E-state index is 0.0311. The van der Waals surface area contributed by atoms with Crippen LogP contribution in [0.4, 0.5) is 17.6 Å². The molecule has 3 atom stereocenters. The minimum atomic E-state index is -4.68. The predicted molar refractivity (Wildman–Crippen MR) is 126 cm³/mol. The molecular weight excluding hydrogens is 490 g/mol. The number of amides is 2. The molecule has 1 aromatic carbocycles. The summed E-state index contributed by atoms with van der Waals surface area (Å²) in [5.41, 5.74) is 0.231. The Morgan fingerprint density at radius 1 is 1.14 bits per heavy atom. The first-order valence-corrected chi connectivity index (χ1v) is 12.7. The van der Waals surface area contributed by atoms with Crippen LogP contribution in [0.1, 0.15) is 78.2 Å². The number of aromatic nitrogens is 1. The molecule has 0 radical (unpaired) electrons. The number of pyridine rings is 1. The summed E-state index contributed by atoms with van der Waals surface area (Å²) in [7, 11) is 0. The number of halogens is 4. The number of likely N-dealkylation sites (tertiary alicyclic amines) is 1. The smallest absolute Gasteiger partial charge is 0.381 e. The molecular formula is C27H29F4N3O3. The maximum absolute atomic E-state index is 14.9. The van der Waals surface area contributed by atoms with E-state index in [-0.39, 0.29) is 36.6 Å². The van der Waals surface area contributed by atoms with Crippen LogP contribution in [0.5, 0.6) is 0 Å². The Hall–Kier alpha value is -3.01. The third-order valence-corrected chi connectivity index (χ3v) is 7.66. The zero-order chi connectivity index (χ0) is 26.3. The van der Waals surface area contributed by atoms with E-state index in [1.165, 1.54) is 0 Å². The molecule has 10 heteroatoms. The molecule has 5 rings (SSSR count). The van der Waals surface area contributed by atoms with E-state index in [0.29, 0.717) is 36.9 Å². The number of alkyl halides is 3. The lowest BCUT2D eigenvalue weighted by atomic mass is 9.90. The van der Waals surface area contributed by atoms with Crippen molar-refractivity contribution in [3.8, 4) is 0 Å². The number of hydrogen-bond acceptors (Lipinski definition) is 4. The van der Waals surface area contributed by atoms with Crippen molar-refractivity contribution in [3.63, 3.8) is 0 Å². The van der Waals surface area contributed by atoms with Gasteiger partial charge in [0.1, 0.15) is 17.6 Å². The third-order valence-electron chi connectivity index (χ3n) is 7.66. The second-order valence-corrected chi connectivity index (χ2v) is 10.1. The minimum Gasteiger partial charge on any atom is -0.381 e. The lowest BCUT2D eigenvalue weighted by Crippen LogP contribution is -2.52. The first-order valence-electron chi connectivity index (χ1n) is 12.7. The van der Waals surface area contributed by atoms with Crippen LogP contribution in [0, 0.1) is 11.7 Å². The maximum atomic E-state index is 14.9. The van der Waals surface area contributed by atoms with Gasteiger partial charge in [-0.2, -0.15) is 13.2 Å². The van der Waals surface area contributed by atoms with Gasteiger partial charge in [0.25, 0.3) is 5.91 Å². The second-order valence-electron chi connectivity index (χ2n) is 10.1. The third kappa shape index (κ3) is 5.21. The molecule has 1 unspecified atom stereocenters. The van der Waals surface area contributed by atoms with Crippen molar-refractivity contribution < 1.29 is 31.9 Å². The molecule has 3 heterocycles. The van der Waals surface area contributed by atoms with E-state index in [1.807, 2.05) is 13.0 Å². The molecule has 2 amide bonds. The summed E-state index contributed by atoms with van der Waals surface area (Å²) in [6, 6.07) is 4.22. The highest BCUT2D eigenvalue weighted by molar-refractivity contribution is 5.97. The van der Waals surface area contributed by atoms with Gasteiger partial charge in [0.15, 0.2) is 0 Å². The van der Waals surface area contributed by atoms with Gasteiger partial charge in [-0.15, -0.1) is 0 Å². The van der Waals surface area contributed by atoms with Crippen LogP contribution in [0.15, 0.2) is 36.5 Å². The van der Waals surface area contributed by atoms with Gasteiger partial charge in [-0.3, -0.25) is 14.6 Å². The van der Waals surface area contributed by atoms with Gasteiger partial charge >= 0.3 is 6.18 Å². The van der Waals surface area contributed by atoms with Crippen LogP contribution >= 0.6 is 0 Å². The average molecular weight is 520 g/mol. The number of benzene rings is 1. The van der Waals surface area contributed by atoms with Crippen LogP contribution in [-0.4, -0.2) is 47.0 Å². The summed E-state index contributed by atoms with van der Waals surface area (Å²) in [6.45, 7) is 2.44.